The monoisotopic (exact) mass is 190 g/mol. The average Bonchev–Trinajstić information content (AvgIpc) is 2.42. The summed E-state index contributed by atoms with van der Waals surface area (Å²) in [6, 6.07) is 5.44. The molecule has 0 fully saturated rings. The molecule has 14 heavy (non-hydrogen) atoms. The number of carbonyl (C=O) groups is 1. The van der Waals surface area contributed by atoms with Gasteiger partial charge in [-0.2, -0.15) is 0 Å². The third-order valence-electron chi connectivity index (χ3n) is 2.02. The number of aliphatic carboxylic acids is 1. The van der Waals surface area contributed by atoms with Gasteiger partial charge < -0.3 is 10.1 Å². The molecule has 0 aliphatic carbocycles. The van der Waals surface area contributed by atoms with E-state index in [4.69, 9.17) is 5.11 Å². The van der Waals surface area contributed by atoms with Crippen LogP contribution in [0.15, 0.2) is 18.2 Å². The molecule has 0 radical (unpaired) electrons. The highest BCUT2D eigenvalue weighted by Crippen LogP contribution is 2.13. The van der Waals surface area contributed by atoms with Gasteiger partial charge in [-0.05, 0) is 24.6 Å². The second kappa shape index (κ2) is 3.14. The van der Waals surface area contributed by atoms with Crippen molar-refractivity contribution in [2.24, 2.45) is 0 Å². The molecule has 0 aliphatic rings. The minimum absolute atomic E-state index is 0.0496. The van der Waals surface area contributed by atoms with Gasteiger partial charge >= 0.3 is 5.97 Å². The second-order valence-electron chi connectivity index (χ2n) is 3.24. The molecule has 0 aliphatic heterocycles. The Hall–Kier alpha value is -1.84. The molecule has 0 bridgehead atoms. The van der Waals surface area contributed by atoms with Crippen molar-refractivity contribution in [3.63, 3.8) is 0 Å². The van der Waals surface area contributed by atoms with Gasteiger partial charge in [0.05, 0.1) is 17.5 Å². The van der Waals surface area contributed by atoms with Gasteiger partial charge in [-0.3, -0.25) is 4.79 Å². The molecule has 0 atom stereocenters. The minimum atomic E-state index is -0.819. The number of nitrogens with one attached hydrogen (secondary N) is 1. The second-order valence-corrected chi connectivity index (χ2v) is 3.24. The lowest BCUT2D eigenvalue weighted by atomic mass is 10.1. The molecule has 72 valence electrons. The first kappa shape index (κ1) is 8.74. The largest absolute Gasteiger partial charge is 0.481 e. The first-order chi connectivity index (χ1) is 6.65. The van der Waals surface area contributed by atoms with Crippen molar-refractivity contribution in [1.29, 1.82) is 0 Å². The summed E-state index contributed by atoms with van der Waals surface area (Å²) in [6.45, 7) is 1.87. The number of nitrogens with zero attached hydrogens (tertiary/aromatic N) is 1. The molecule has 2 N–H and O–H groups in total. The molecule has 1 heterocycles. The maximum Gasteiger partial charge on any atom is 0.307 e. The topological polar surface area (TPSA) is 66.0 Å². The summed E-state index contributed by atoms with van der Waals surface area (Å²) in [6.07, 6.45) is 0.0496. The maximum atomic E-state index is 10.5. The summed E-state index contributed by atoms with van der Waals surface area (Å²) in [4.78, 5) is 17.8. The molecule has 1 aromatic carbocycles. The lowest BCUT2D eigenvalue weighted by Gasteiger charge is -1.95. The smallest absolute Gasteiger partial charge is 0.307 e. The first-order valence-electron chi connectivity index (χ1n) is 4.32. The highest BCUT2D eigenvalue weighted by molar-refractivity contribution is 5.78. The highest BCUT2D eigenvalue weighted by atomic mass is 16.4. The van der Waals surface area contributed by atoms with Gasteiger partial charge in [0.15, 0.2) is 0 Å². The third-order valence-corrected chi connectivity index (χ3v) is 2.02. The van der Waals surface area contributed by atoms with E-state index in [2.05, 4.69) is 9.97 Å². The Kier molecular flexibility index (Phi) is 1.96. The predicted octanol–water partition coefficient (Wildman–Crippen LogP) is 1.50. The number of carboxylic acid groups (broad SMARTS) is 1. The third kappa shape index (κ3) is 1.59. The van der Waals surface area contributed by atoms with Gasteiger partial charge in [0, 0.05) is 0 Å². The molecule has 4 heteroatoms. The van der Waals surface area contributed by atoms with Crippen LogP contribution in [0.5, 0.6) is 0 Å². The molecule has 2 aromatic rings. The average molecular weight is 190 g/mol. The van der Waals surface area contributed by atoms with Crippen LogP contribution in [0.3, 0.4) is 0 Å². The number of imidazole rings is 1. The van der Waals surface area contributed by atoms with Gasteiger partial charge in [0.25, 0.3) is 0 Å². The maximum absolute atomic E-state index is 10.5. The summed E-state index contributed by atoms with van der Waals surface area (Å²) in [5.74, 6) is 0.0214. The van der Waals surface area contributed by atoms with E-state index >= 15 is 0 Å². The number of rotatable bonds is 2. The van der Waals surface area contributed by atoms with Crippen LogP contribution in [0.4, 0.5) is 0 Å². The summed E-state index contributed by atoms with van der Waals surface area (Å²) in [7, 11) is 0. The van der Waals surface area contributed by atoms with Crippen LogP contribution >= 0.6 is 0 Å². The van der Waals surface area contributed by atoms with Crippen molar-refractivity contribution in [3.8, 4) is 0 Å². The standard InChI is InChI=1S/C10H10N2O2/c1-6-11-8-3-2-7(5-10(13)14)4-9(8)12-6/h2-4H,5H2,1H3,(H,11,12)(H,13,14). The molecule has 0 unspecified atom stereocenters. The SMILES string of the molecule is Cc1nc2ccc(CC(=O)O)cc2[nH]1. The Morgan fingerprint density at radius 1 is 1.57 bits per heavy atom. The van der Waals surface area contributed by atoms with Crippen LogP contribution in [0.25, 0.3) is 11.0 Å². The van der Waals surface area contributed by atoms with E-state index in [0.717, 1.165) is 22.4 Å². The number of aromatic amines is 1. The fourth-order valence-electron chi connectivity index (χ4n) is 1.47. The van der Waals surface area contributed by atoms with Gasteiger partial charge in [-0.15, -0.1) is 0 Å². The van der Waals surface area contributed by atoms with E-state index in [1.54, 1.807) is 6.07 Å². The first-order valence-corrected chi connectivity index (χ1v) is 4.32. The molecular weight excluding hydrogens is 180 g/mol. The number of benzene rings is 1. The molecule has 0 saturated heterocycles. The fraction of sp³-hybridized carbons (Fsp3) is 0.200. The van der Waals surface area contributed by atoms with Crippen LogP contribution in [-0.2, 0) is 11.2 Å². The van der Waals surface area contributed by atoms with Crippen molar-refractivity contribution in [3.05, 3.63) is 29.6 Å². The summed E-state index contributed by atoms with van der Waals surface area (Å²) < 4.78 is 0. The van der Waals surface area contributed by atoms with Crippen LogP contribution in [0.2, 0.25) is 0 Å². The predicted molar refractivity (Wildman–Crippen MR) is 52.2 cm³/mol. The lowest BCUT2D eigenvalue weighted by Crippen LogP contribution is -1.99. The van der Waals surface area contributed by atoms with Gasteiger partial charge in [0.2, 0.25) is 0 Å². The van der Waals surface area contributed by atoms with Crippen LogP contribution < -0.4 is 0 Å². The Labute approximate surface area is 80.6 Å². The van der Waals surface area contributed by atoms with E-state index in [0.29, 0.717) is 0 Å². The van der Waals surface area contributed by atoms with Crippen molar-refractivity contribution < 1.29 is 9.90 Å². The fourth-order valence-corrected chi connectivity index (χ4v) is 1.47. The molecule has 1 aromatic heterocycles. The molecule has 0 spiro atoms. The van der Waals surface area contributed by atoms with Gasteiger partial charge in [-0.1, -0.05) is 6.07 Å². The number of H-pyrrole nitrogens is 1. The Morgan fingerprint density at radius 2 is 2.36 bits per heavy atom. The number of fused-ring (bicyclic) bond motifs is 1. The van der Waals surface area contributed by atoms with Crippen LogP contribution in [0.1, 0.15) is 11.4 Å². The zero-order valence-electron chi connectivity index (χ0n) is 7.74. The Balaban J connectivity index is 2.45. The molecular formula is C10H10N2O2. The normalized spacial score (nSPS) is 10.6. The number of carboxylic acids is 1. The van der Waals surface area contributed by atoms with Crippen LogP contribution in [0, 0.1) is 6.92 Å². The van der Waals surface area contributed by atoms with Crippen molar-refractivity contribution in [2.45, 2.75) is 13.3 Å². The molecule has 0 amide bonds. The van der Waals surface area contributed by atoms with E-state index < -0.39 is 5.97 Å². The number of aromatic nitrogens is 2. The summed E-state index contributed by atoms with van der Waals surface area (Å²) >= 11 is 0. The van der Waals surface area contributed by atoms with E-state index in [9.17, 15) is 4.79 Å². The lowest BCUT2D eigenvalue weighted by molar-refractivity contribution is -0.136. The van der Waals surface area contributed by atoms with Crippen LogP contribution in [-0.4, -0.2) is 21.0 Å². The van der Waals surface area contributed by atoms with Gasteiger partial charge in [-0.25, -0.2) is 4.98 Å². The molecule has 2 rings (SSSR count). The number of aryl methyl sites for hydroxylation is 1. The number of hydrogen-bond donors (Lipinski definition) is 2. The van der Waals surface area contributed by atoms with Crippen molar-refractivity contribution in [2.75, 3.05) is 0 Å². The Morgan fingerprint density at radius 3 is 3.07 bits per heavy atom. The molecule has 4 nitrogen and oxygen atoms in total. The van der Waals surface area contributed by atoms with Crippen molar-refractivity contribution in [1.82, 2.24) is 9.97 Å². The van der Waals surface area contributed by atoms with Crippen molar-refractivity contribution >= 4 is 17.0 Å². The minimum Gasteiger partial charge on any atom is -0.481 e. The highest BCUT2D eigenvalue weighted by Gasteiger charge is 2.03. The summed E-state index contributed by atoms with van der Waals surface area (Å²) in [5, 5.41) is 8.62. The zero-order chi connectivity index (χ0) is 10.1. The zero-order valence-corrected chi connectivity index (χ0v) is 7.74. The Bertz CT molecular complexity index is 488. The van der Waals surface area contributed by atoms with Gasteiger partial charge in [0.1, 0.15) is 5.82 Å². The van der Waals surface area contributed by atoms with E-state index in [-0.39, 0.29) is 6.42 Å². The molecule has 0 saturated carbocycles. The quantitative estimate of drug-likeness (QED) is 0.754. The van der Waals surface area contributed by atoms with E-state index in [1.807, 2.05) is 19.1 Å². The number of hydrogen-bond acceptors (Lipinski definition) is 2. The van der Waals surface area contributed by atoms with E-state index in [1.165, 1.54) is 0 Å². The summed E-state index contributed by atoms with van der Waals surface area (Å²) in [5.41, 5.74) is 2.55.